The van der Waals surface area contributed by atoms with E-state index in [0.717, 1.165) is 40.7 Å². The van der Waals surface area contributed by atoms with Gasteiger partial charge in [0.25, 0.3) is 5.91 Å². The van der Waals surface area contributed by atoms with Crippen LogP contribution < -0.4 is 0 Å². The maximum absolute atomic E-state index is 14.1. The number of rotatable bonds is 7. The maximum Gasteiger partial charge on any atom is 0.256 e. The van der Waals surface area contributed by atoms with Crippen molar-refractivity contribution in [2.75, 3.05) is 32.7 Å². The van der Waals surface area contributed by atoms with Crippen LogP contribution in [0.3, 0.4) is 0 Å². The Kier molecular flexibility index (Phi) is 7.14. The van der Waals surface area contributed by atoms with Crippen LogP contribution in [0.2, 0.25) is 0 Å². The molecule has 1 aliphatic carbocycles. The molecule has 1 saturated carbocycles. The number of hydrogen-bond acceptors (Lipinski definition) is 5. The quantitative estimate of drug-likeness (QED) is 0.411. The smallest absolute Gasteiger partial charge is 0.256 e. The third kappa shape index (κ3) is 5.22. The molecular weight excluding hydrogens is 552 g/mol. The molecule has 2 aromatic carbocycles. The van der Waals surface area contributed by atoms with Gasteiger partial charge in [0.2, 0.25) is 11.8 Å². The molecular formula is C35H40N6O3. The minimum absolute atomic E-state index is 0.0335. The minimum atomic E-state index is -0.836. The Bertz CT molecular complexity index is 1600. The molecule has 228 valence electrons. The first kappa shape index (κ1) is 28.5. The number of benzene rings is 2. The second-order valence-corrected chi connectivity index (χ2v) is 13.3. The lowest BCUT2D eigenvalue weighted by atomic mass is 9.87. The molecule has 3 amide bonds. The lowest BCUT2D eigenvalue weighted by molar-refractivity contribution is -0.142. The lowest BCUT2D eigenvalue weighted by Gasteiger charge is -2.42. The summed E-state index contributed by atoms with van der Waals surface area (Å²) in [7, 11) is 1.91. The Balaban J connectivity index is 1.11. The number of nitrogens with zero attached hydrogens (tertiary/aromatic N) is 6. The number of amidine groups is 1. The highest BCUT2D eigenvalue weighted by atomic mass is 16.2. The van der Waals surface area contributed by atoms with Gasteiger partial charge in [-0.1, -0.05) is 62.4 Å². The van der Waals surface area contributed by atoms with Gasteiger partial charge in [0.05, 0.1) is 6.20 Å². The van der Waals surface area contributed by atoms with Crippen LogP contribution in [0.1, 0.15) is 45.1 Å². The van der Waals surface area contributed by atoms with Gasteiger partial charge in [-0.25, -0.2) is 0 Å². The van der Waals surface area contributed by atoms with Crippen molar-refractivity contribution in [3.05, 3.63) is 66.5 Å². The van der Waals surface area contributed by atoms with E-state index in [1.54, 1.807) is 4.68 Å². The monoisotopic (exact) mass is 592 g/mol. The van der Waals surface area contributed by atoms with Crippen LogP contribution in [0.25, 0.3) is 22.3 Å². The molecule has 1 spiro atoms. The number of piperidine rings is 1. The summed E-state index contributed by atoms with van der Waals surface area (Å²) in [6.07, 6.45) is 6.94. The van der Waals surface area contributed by atoms with Gasteiger partial charge < -0.3 is 9.80 Å². The summed E-state index contributed by atoms with van der Waals surface area (Å²) in [4.78, 5) is 50.2. The standard InChI is InChI=1S/C35H40N6O3/c1-23(2)32(42)39-16-14-35(15-17-39)34(44)41(21-24-19-40(20-24)33(43)29-12-13-29)31(37-35)28-10-8-26(9-11-28)25-4-6-27(7-5-25)30-18-36-38(3)22-30/h4-11,18,22-24,29H,12-17,19-21H2,1-3H3. The predicted octanol–water partition coefficient (Wildman–Crippen LogP) is 4.23. The van der Waals surface area contributed by atoms with Crippen LogP contribution in [-0.2, 0) is 21.4 Å². The minimum Gasteiger partial charge on any atom is -0.342 e. The van der Waals surface area contributed by atoms with E-state index in [1.165, 1.54) is 0 Å². The van der Waals surface area contributed by atoms with Gasteiger partial charge in [0.1, 0.15) is 11.4 Å². The Morgan fingerprint density at radius 1 is 0.864 bits per heavy atom. The number of aryl methyl sites for hydroxylation is 1. The van der Waals surface area contributed by atoms with E-state index in [4.69, 9.17) is 4.99 Å². The SMILES string of the molecule is CC(C)C(=O)N1CCC2(CC1)N=C(c1ccc(-c3ccc(-c4cnn(C)c4)cc3)cc1)N(CC1CN(C(=O)C3CC3)C1)C2=O. The average Bonchev–Trinajstić information content (AvgIpc) is 3.73. The highest BCUT2D eigenvalue weighted by Gasteiger charge is 2.51. The number of carbonyl (C=O) groups is 3. The van der Waals surface area contributed by atoms with Crippen molar-refractivity contribution < 1.29 is 14.4 Å². The second-order valence-electron chi connectivity index (χ2n) is 13.3. The third-order valence-corrected chi connectivity index (χ3v) is 9.65. The van der Waals surface area contributed by atoms with Gasteiger partial charge in [-0.15, -0.1) is 0 Å². The molecule has 0 N–H and O–H groups in total. The van der Waals surface area contributed by atoms with Crippen LogP contribution in [-0.4, -0.2) is 86.3 Å². The van der Waals surface area contributed by atoms with Crippen molar-refractivity contribution in [3.8, 4) is 22.3 Å². The van der Waals surface area contributed by atoms with E-state index in [-0.39, 0.29) is 35.5 Å². The fourth-order valence-electron chi connectivity index (χ4n) is 6.79. The number of aromatic nitrogens is 2. The second kappa shape index (κ2) is 11.0. The van der Waals surface area contributed by atoms with Crippen LogP contribution in [0.15, 0.2) is 65.9 Å². The van der Waals surface area contributed by atoms with Gasteiger partial charge in [0.15, 0.2) is 0 Å². The fourth-order valence-corrected chi connectivity index (χ4v) is 6.79. The van der Waals surface area contributed by atoms with Crippen molar-refractivity contribution in [1.82, 2.24) is 24.5 Å². The molecule has 0 radical (unpaired) electrons. The van der Waals surface area contributed by atoms with Crippen LogP contribution >= 0.6 is 0 Å². The van der Waals surface area contributed by atoms with Gasteiger partial charge in [-0.2, -0.15) is 5.10 Å². The van der Waals surface area contributed by atoms with E-state index in [1.807, 2.05) is 48.0 Å². The first-order valence-corrected chi connectivity index (χ1v) is 15.9. The maximum atomic E-state index is 14.1. The van der Waals surface area contributed by atoms with E-state index in [9.17, 15) is 14.4 Å². The molecule has 1 aromatic heterocycles. The highest BCUT2D eigenvalue weighted by Crippen LogP contribution is 2.38. The normalized spacial score (nSPS) is 20.0. The molecule has 4 aliphatic rings. The van der Waals surface area contributed by atoms with Crippen molar-refractivity contribution in [2.24, 2.45) is 29.8 Å². The van der Waals surface area contributed by atoms with Crippen LogP contribution in [0, 0.1) is 17.8 Å². The van der Waals surface area contributed by atoms with Crippen LogP contribution in [0.4, 0.5) is 0 Å². The van der Waals surface area contributed by atoms with Gasteiger partial charge in [-0.05, 0) is 42.4 Å². The van der Waals surface area contributed by atoms with E-state index in [0.29, 0.717) is 51.4 Å². The molecule has 0 bridgehead atoms. The number of likely N-dealkylation sites (tertiary alicyclic amines) is 2. The Morgan fingerprint density at radius 2 is 1.43 bits per heavy atom. The largest absolute Gasteiger partial charge is 0.342 e. The molecule has 7 rings (SSSR count). The fraction of sp³-hybridized carbons (Fsp3) is 0.457. The molecule has 9 heteroatoms. The molecule has 0 unspecified atom stereocenters. The molecule has 3 aliphatic heterocycles. The number of aliphatic imine (C=N–C) groups is 1. The average molecular weight is 593 g/mol. The number of hydrogen-bond donors (Lipinski definition) is 0. The Labute approximate surface area is 258 Å². The van der Waals surface area contributed by atoms with Gasteiger partial charge in [0, 0.05) is 74.8 Å². The van der Waals surface area contributed by atoms with E-state index >= 15 is 0 Å². The van der Waals surface area contributed by atoms with E-state index in [2.05, 4.69) is 53.6 Å². The lowest BCUT2D eigenvalue weighted by Crippen LogP contribution is -2.57. The molecule has 9 nitrogen and oxygen atoms in total. The van der Waals surface area contributed by atoms with Crippen molar-refractivity contribution >= 4 is 23.6 Å². The summed E-state index contributed by atoms with van der Waals surface area (Å²) in [5, 5.41) is 4.27. The van der Waals surface area contributed by atoms with Gasteiger partial charge in [-0.3, -0.25) is 29.0 Å². The highest BCUT2D eigenvalue weighted by molar-refractivity contribution is 6.15. The molecule has 4 heterocycles. The molecule has 44 heavy (non-hydrogen) atoms. The first-order chi connectivity index (χ1) is 21.2. The van der Waals surface area contributed by atoms with E-state index < -0.39 is 5.54 Å². The summed E-state index contributed by atoms with van der Waals surface area (Å²) in [6.45, 7) is 6.86. The zero-order chi connectivity index (χ0) is 30.6. The first-order valence-electron chi connectivity index (χ1n) is 15.9. The molecule has 3 aromatic rings. The third-order valence-electron chi connectivity index (χ3n) is 9.65. The predicted molar refractivity (Wildman–Crippen MR) is 169 cm³/mol. The zero-order valence-electron chi connectivity index (χ0n) is 25.8. The summed E-state index contributed by atoms with van der Waals surface area (Å²) in [5.41, 5.74) is 4.48. The van der Waals surface area contributed by atoms with Crippen molar-refractivity contribution in [2.45, 2.75) is 45.1 Å². The summed E-state index contributed by atoms with van der Waals surface area (Å²) < 4.78 is 1.80. The van der Waals surface area contributed by atoms with Crippen LogP contribution in [0.5, 0.6) is 0 Å². The van der Waals surface area contributed by atoms with Crippen molar-refractivity contribution in [1.29, 1.82) is 0 Å². The Morgan fingerprint density at radius 3 is 1.95 bits per heavy atom. The number of carbonyl (C=O) groups excluding carboxylic acids is 3. The summed E-state index contributed by atoms with van der Waals surface area (Å²) in [6, 6.07) is 16.8. The van der Waals surface area contributed by atoms with Crippen molar-refractivity contribution in [3.63, 3.8) is 0 Å². The molecule has 3 fully saturated rings. The number of amides is 3. The topological polar surface area (TPSA) is 91.1 Å². The zero-order valence-corrected chi connectivity index (χ0v) is 25.8. The summed E-state index contributed by atoms with van der Waals surface area (Å²) in [5.74, 6) is 1.53. The molecule has 0 atom stereocenters. The van der Waals surface area contributed by atoms with Gasteiger partial charge >= 0.3 is 0 Å². The summed E-state index contributed by atoms with van der Waals surface area (Å²) >= 11 is 0. The Hall–Kier alpha value is -4.27. The molecule has 2 saturated heterocycles.